The average Bonchev–Trinajstić information content (AvgIpc) is 2.26. The molecule has 1 atom stereocenters. The van der Waals surface area contributed by atoms with Gasteiger partial charge in [-0.25, -0.2) is 0 Å². The third-order valence-corrected chi connectivity index (χ3v) is 2.12. The Balaban J connectivity index is 2.78. The van der Waals surface area contributed by atoms with E-state index in [-0.39, 0.29) is 23.6 Å². The van der Waals surface area contributed by atoms with Gasteiger partial charge in [-0.3, -0.25) is 9.59 Å². The van der Waals surface area contributed by atoms with Crippen LogP contribution in [0.3, 0.4) is 0 Å². The molecule has 0 bridgehead atoms. The number of nitrogens with one attached hydrogen (secondary N) is 2. The van der Waals surface area contributed by atoms with Crippen molar-refractivity contribution < 1.29 is 9.90 Å². The zero-order chi connectivity index (χ0) is 11.3. The van der Waals surface area contributed by atoms with E-state index >= 15 is 0 Å². The van der Waals surface area contributed by atoms with Gasteiger partial charge in [0.25, 0.3) is 5.91 Å². The number of aliphatic hydroxyl groups is 1. The summed E-state index contributed by atoms with van der Waals surface area (Å²) in [5.74, 6) is -0.460. The minimum absolute atomic E-state index is 0.0596. The number of aliphatic hydroxyl groups excluding tert-OH is 1. The number of pyridine rings is 1. The quantitative estimate of drug-likeness (QED) is 0.647. The molecular formula is C10H14N2O3. The lowest BCUT2D eigenvalue weighted by Gasteiger charge is -2.13. The lowest BCUT2D eigenvalue weighted by molar-refractivity contribution is 0.0913. The second-order valence-electron chi connectivity index (χ2n) is 3.18. The smallest absolute Gasteiger partial charge is 0.257 e. The molecule has 1 unspecified atom stereocenters. The van der Waals surface area contributed by atoms with Crippen molar-refractivity contribution in [2.24, 2.45) is 0 Å². The third-order valence-electron chi connectivity index (χ3n) is 2.12. The molecule has 0 aliphatic heterocycles. The Kier molecular flexibility index (Phi) is 4.05. The molecule has 5 nitrogen and oxygen atoms in total. The van der Waals surface area contributed by atoms with E-state index in [0.717, 1.165) is 0 Å². The molecule has 0 radical (unpaired) electrons. The van der Waals surface area contributed by atoms with E-state index in [1.54, 1.807) is 0 Å². The van der Waals surface area contributed by atoms with E-state index in [1.165, 1.54) is 18.5 Å². The van der Waals surface area contributed by atoms with Crippen LogP contribution in [-0.2, 0) is 0 Å². The Morgan fingerprint density at radius 2 is 2.40 bits per heavy atom. The summed E-state index contributed by atoms with van der Waals surface area (Å²) >= 11 is 0. The molecular weight excluding hydrogens is 196 g/mol. The van der Waals surface area contributed by atoms with Gasteiger partial charge in [0.2, 0.25) is 0 Å². The number of carbonyl (C=O) groups is 1. The molecule has 1 aromatic heterocycles. The van der Waals surface area contributed by atoms with Crippen molar-refractivity contribution in [3.05, 3.63) is 34.2 Å². The Bertz CT molecular complexity index is 382. The van der Waals surface area contributed by atoms with Crippen LogP contribution < -0.4 is 10.7 Å². The highest BCUT2D eigenvalue weighted by Crippen LogP contribution is 1.93. The minimum Gasteiger partial charge on any atom is -0.394 e. The van der Waals surface area contributed by atoms with E-state index in [9.17, 15) is 9.59 Å². The summed E-state index contributed by atoms with van der Waals surface area (Å²) in [5, 5.41) is 11.5. The largest absolute Gasteiger partial charge is 0.394 e. The highest BCUT2D eigenvalue weighted by atomic mass is 16.3. The second kappa shape index (κ2) is 5.31. The van der Waals surface area contributed by atoms with Gasteiger partial charge in [0.15, 0.2) is 5.43 Å². The number of aromatic amines is 1. The van der Waals surface area contributed by atoms with Crippen molar-refractivity contribution in [1.29, 1.82) is 0 Å². The van der Waals surface area contributed by atoms with E-state index < -0.39 is 5.91 Å². The molecule has 0 spiro atoms. The van der Waals surface area contributed by atoms with Gasteiger partial charge in [-0.05, 0) is 6.42 Å². The Morgan fingerprint density at radius 3 is 2.93 bits per heavy atom. The van der Waals surface area contributed by atoms with Crippen molar-refractivity contribution in [3.63, 3.8) is 0 Å². The summed E-state index contributed by atoms with van der Waals surface area (Å²) in [4.78, 5) is 25.5. The molecule has 3 N–H and O–H groups in total. The maximum Gasteiger partial charge on any atom is 0.257 e. The zero-order valence-electron chi connectivity index (χ0n) is 8.49. The number of rotatable bonds is 4. The van der Waals surface area contributed by atoms with E-state index in [0.29, 0.717) is 6.42 Å². The van der Waals surface area contributed by atoms with Gasteiger partial charge >= 0.3 is 0 Å². The Labute approximate surface area is 87.1 Å². The topological polar surface area (TPSA) is 82.2 Å². The number of hydrogen-bond donors (Lipinski definition) is 3. The van der Waals surface area contributed by atoms with E-state index in [2.05, 4.69) is 10.3 Å². The first-order valence-corrected chi connectivity index (χ1v) is 4.77. The van der Waals surface area contributed by atoms with Gasteiger partial charge in [0, 0.05) is 18.5 Å². The lowest BCUT2D eigenvalue weighted by Crippen LogP contribution is -2.38. The molecule has 0 aromatic carbocycles. The number of H-pyrrole nitrogens is 1. The van der Waals surface area contributed by atoms with Gasteiger partial charge < -0.3 is 15.4 Å². The standard InChI is InChI=1S/C10H14N2O3/c1-2-7(6-13)12-10(15)8-5-11-4-3-9(8)14/h3-5,7,13H,2,6H2,1H3,(H,11,14)(H,12,15). The summed E-state index contributed by atoms with van der Waals surface area (Å²) < 4.78 is 0. The van der Waals surface area contributed by atoms with Gasteiger partial charge in [-0.2, -0.15) is 0 Å². The predicted molar refractivity (Wildman–Crippen MR) is 55.7 cm³/mol. The van der Waals surface area contributed by atoms with E-state index in [4.69, 9.17) is 5.11 Å². The number of carbonyl (C=O) groups excluding carboxylic acids is 1. The highest BCUT2D eigenvalue weighted by molar-refractivity contribution is 5.93. The molecule has 5 heteroatoms. The fourth-order valence-corrected chi connectivity index (χ4v) is 1.13. The van der Waals surface area contributed by atoms with Crippen molar-refractivity contribution in [2.45, 2.75) is 19.4 Å². The summed E-state index contributed by atoms with van der Waals surface area (Å²) in [6.45, 7) is 1.71. The first-order valence-electron chi connectivity index (χ1n) is 4.77. The number of amides is 1. The van der Waals surface area contributed by atoms with Crippen molar-refractivity contribution in [3.8, 4) is 0 Å². The molecule has 0 saturated carbocycles. The molecule has 1 rings (SSSR count). The fourth-order valence-electron chi connectivity index (χ4n) is 1.13. The summed E-state index contributed by atoms with van der Waals surface area (Å²) in [5.41, 5.74) is -0.275. The van der Waals surface area contributed by atoms with Crippen LogP contribution in [0.15, 0.2) is 23.3 Å². The van der Waals surface area contributed by atoms with Crippen LogP contribution >= 0.6 is 0 Å². The van der Waals surface area contributed by atoms with Crippen LogP contribution in [0, 0.1) is 0 Å². The first kappa shape index (κ1) is 11.5. The molecule has 15 heavy (non-hydrogen) atoms. The van der Waals surface area contributed by atoms with E-state index in [1.807, 2.05) is 6.92 Å². The van der Waals surface area contributed by atoms with Gasteiger partial charge in [0.1, 0.15) is 5.56 Å². The summed E-state index contributed by atoms with van der Waals surface area (Å²) in [6, 6.07) is 0.978. The van der Waals surface area contributed by atoms with Crippen LogP contribution in [0.1, 0.15) is 23.7 Å². The maximum atomic E-state index is 11.6. The minimum atomic E-state index is -0.460. The summed E-state index contributed by atoms with van der Waals surface area (Å²) in [7, 11) is 0. The van der Waals surface area contributed by atoms with Crippen LogP contribution in [0.25, 0.3) is 0 Å². The molecule has 0 fully saturated rings. The monoisotopic (exact) mass is 210 g/mol. The Hall–Kier alpha value is -1.62. The highest BCUT2D eigenvalue weighted by Gasteiger charge is 2.13. The van der Waals surface area contributed by atoms with Crippen molar-refractivity contribution in [2.75, 3.05) is 6.61 Å². The van der Waals surface area contributed by atoms with Crippen molar-refractivity contribution in [1.82, 2.24) is 10.3 Å². The lowest BCUT2D eigenvalue weighted by atomic mass is 10.2. The second-order valence-corrected chi connectivity index (χ2v) is 3.18. The summed E-state index contributed by atoms with van der Waals surface area (Å²) in [6.07, 6.45) is 3.43. The molecule has 82 valence electrons. The number of hydrogen-bond acceptors (Lipinski definition) is 3. The molecule has 1 aromatic rings. The van der Waals surface area contributed by atoms with Gasteiger partial charge in [-0.1, -0.05) is 6.92 Å². The molecule has 0 saturated heterocycles. The molecule has 1 heterocycles. The average molecular weight is 210 g/mol. The first-order chi connectivity index (χ1) is 7.19. The van der Waals surface area contributed by atoms with Crippen LogP contribution in [0.4, 0.5) is 0 Å². The zero-order valence-corrected chi connectivity index (χ0v) is 8.49. The maximum absolute atomic E-state index is 11.6. The SMILES string of the molecule is CCC(CO)NC(=O)c1c[nH]ccc1=O. The van der Waals surface area contributed by atoms with Crippen LogP contribution in [0.2, 0.25) is 0 Å². The molecule has 0 aliphatic rings. The van der Waals surface area contributed by atoms with Gasteiger partial charge in [-0.15, -0.1) is 0 Å². The number of aromatic nitrogens is 1. The normalized spacial score (nSPS) is 12.1. The van der Waals surface area contributed by atoms with Crippen molar-refractivity contribution >= 4 is 5.91 Å². The fraction of sp³-hybridized carbons (Fsp3) is 0.400. The Morgan fingerprint density at radius 1 is 1.67 bits per heavy atom. The molecule has 1 amide bonds. The van der Waals surface area contributed by atoms with Gasteiger partial charge in [0.05, 0.1) is 12.6 Å². The van der Waals surface area contributed by atoms with Crippen LogP contribution in [-0.4, -0.2) is 28.6 Å². The third kappa shape index (κ3) is 2.92. The molecule has 0 aliphatic carbocycles. The predicted octanol–water partition coefficient (Wildman–Crippen LogP) is -0.124. The van der Waals surface area contributed by atoms with Crippen LogP contribution in [0.5, 0.6) is 0 Å².